The highest BCUT2D eigenvalue weighted by Gasteiger charge is 2.09. The Labute approximate surface area is 122 Å². The van der Waals surface area contributed by atoms with Crippen molar-refractivity contribution >= 4 is 21.6 Å². The molecule has 0 saturated carbocycles. The van der Waals surface area contributed by atoms with E-state index >= 15 is 0 Å². The third-order valence-corrected chi connectivity index (χ3v) is 3.35. The van der Waals surface area contributed by atoms with Crippen LogP contribution in [0.25, 0.3) is 0 Å². The Hall–Kier alpha value is -1.69. The van der Waals surface area contributed by atoms with Gasteiger partial charge in [-0.15, -0.1) is 0 Å². The summed E-state index contributed by atoms with van der Waals surface area (Å²) in [7, 11) is 1.44. The molecule has 6 heteroatoms. The molecule has 0 atom stereocenters. The molecule has 0 aliphatic carbocycles. The smallest absolute Gasteiger partial charge is 0.149 e. The second-order valence-electron chi connectivity index (χ2n) is 4.06. The second kappa shape index (κ2) is 6.17. The molecule has 0 aromatic heterocycles. The lowest BCUT2D eigenvalue weighted by Crippen LogP contribution is -2.04. The third-order valence-electron chi connectivity index (χ3n) is 2.74. The fourth-order valence-corrected chi connectivity index (χ4v) is 1.99. The standard InChI is InChI=1S/C14H11BrF3NO/c1-20-9-3-2-8(11(16)4-9)7-19-14-5-10(15)12(17)6-13(14)18/h2-6,19H,7H2,1H3. The highest BCUT2D eigenvalue weighted by Crippen LogP contribution is 2.24. The highest BCUT2D eigenvalue weighted by atomic mass is 79.9. The van der Waals surface area contributed by atoms with Gasteiger partial charge in [-0.05, 0) is 28.1 Å². The molecule has 0 saturated heterocycles. The first-order chi connectivity index (χ1) is 9.51. The van der Waals surface area contributed by atoms with Crippen molar-refractivity contribution in [2.24, 2.45) is 0 Å². The minimum Gasteiger partial charge on any atom is -0.497 e. The van der Waals surface area contributed by atoms with E-state index in [2.05, 4.69) is 21.2 Å². The molecular formula is C14H11BrF3NO. The van der Waals surface area contributed by atoms with Crippen molar-refractivity contribution in [1.29, 1.82) is 0 Å². The third kappa shape index (κ3) is 3.25. The van der Waals surface area contributed by atoms with Crippen LogP contribution in [0, 0.1) is 17.5 Å². The zero-order valence-corrected chi connectivity index (χ0v) is 12.1. The number of anilines is 1. The van der Waals surface area contributed by atoms with E-state index in [0.29, 0.717) is 11.3 Å². The Morgan fingerprint density at radius 1 is 1.05 bits per heavy atom. The van der Waals surface area contributed by atoms with Gasteiger partial charge in [-0.1, -0.05) is 6.07 Å². The van der Waals surface area contributed by atoms with Gasteiger partial charge in [0.15, 0.2) is 0 Å². The molecule has 0 heterocycles. The van der Waals surface area contributed by atoms with Crippen LogP contribution in [0.1, 0.15) is 5.56 Å². The number of nitrogens with one attached hydrogen (secondary N) is 1. The number of halogens is 4. The lowest BCUT2D eigenvalue weighted by Gasteiger charge is -2.10. The van der Waals surface area contributed by atoms with Crippen LogP contribution < -0.4 is 10.1 Å². The van der Waals surface area contributed by atoms with Gasteiger partial charge in [0.2, 0.25) is 0 Å². The van der Waals surface area contributed by atoms with Crippen molar-refractivity contribution in [3.63, 3.8) is 0 Å². The summed E-state index contributed by atoms with van der Waals surface area (Å²) in [5.74, 6) is -1.48. The van der Waals surface area contributed by atoms with Crippen LogP contribution in [0.15, 0.2) is 34.8 Å². The van der Waals surface area contributed by atoms with Gasteiger partial charge < -0.3 is 10.1 Å². The van der Waals surface area contributed by atoms with E-state index in [1.54, 1.807) is 6.07 Å². The van der Waals surface area contributed by atoms with Crippen LogP contribution in [0.3, 0.4) is 0 Å². The fraction of sp³-hybridized carbons (Fsp3) is 0.143. The zero-order chi connectivity index (χ0) is 14.7. The molecule has 1 N–H and O–H groups in total. The van der Waals surface area contributed by atoms with Crippen LogP contribution in [0.4, 0.5) is 18.9 Å². The van der Waals surface area contributed by atoms with Crippen molar-refractivity contribution in [2.45, 2.75) is 6.54 Å². The maximum atomic E-state index is 13.7. The topological polar surface area (TPSA) is 21.3 Å². The zero-order valence-electron chi connectivity index (χ0n) is 10.5. The second-order valence-corrected chi connectivity index (χ2v) is 4.91. The first kappa shape index (κ1) is 14.7. The van der Waals surface area contributed by atoms with Crippen molar-refractivity contribution in [2.75, 3.05) is 12.4 Å². The van der Waals surface area contributed by atoms with E-state index in [0.717, 1.165) is 6.07 Å². The molecular weight excluding hydrogens is 335 g/mol. The van der Waals surface area contributed by atoms with Gasteiger partial charge in [0.1, 0.15) is 23.2 Å². The number of benzene rings is 2. The average molecular weight is 346 g/mol. The SMILES string of the molecule is COc1ccc(CNc2cc(Br)c(F)cc2F)c(F)c1. The summed E-state index contributed by atoms with van der Waals surface area (Å²) in [5, 5.41) is 2.72. The summed E-state index contributed by atoms with van der Waals surface area (Å²) in [6, 6.07) is 6.42. The fourth-order valence-electron chi connectivity index (χ4n) is 1.65. The van der Waals surface area contributed by atoms with Gasteiger partial charge in [-0.2, -0.15) is 0 Å². The maximum absolute atomic E-state index is 13.7. The summed E-state index contributed by atoms with van der Waals surface area (Å²) in [4.78, 5) is 0. The Morgan fingerprint density at radius 2 is 1.80 bits per heavy atom. The number of hydrogen-bond acceptors (Lipinski definition) is 2. The van der Waals surface area contributed by atoms with Crippen LogP contribution in [-0.2, 0) is 6.54 Å². The molecule has 0 amide bonds. The van der Waals surface area contributed by atoms with Crippen molar-refractivity contribution in [3.05, 3.63) is 57.8 Å². The van der Waals surface area contributed by atoms with E-state index < -0.39 is 17.5 Å². The van der Waals surface area contributed by atoms with Crippen molar-refractivity contribution in [3.8, 4) is 5.75 Å². The largest absolute Gasteiger partial charge is 0.497 e. The molecule has 2 rings (SSSR count). The molecule has 2 aromatic rings. The Morgan fingerprint density at radius 3 is 2.45 bits per heavy atom. The van der Waals surface area contributed by atoms with Gasteiger partial charge in [0.05, 0.1) is 17.3 Å². The van der Waals surface area contributed by atoms with E-state index in [-0.39, 0.29) is 16.7 Å². The number of ether oxygens (including phenoxy) is 1. The predicted octanol–water partition coefficient (Wildman–Crippen LogP) is 4.49. The minimum absolute atomic E-state index is 0.0742. The molecule has 0 aliphatic rings. The first-order valence-corrected chi connectivity index (χ1v) is 6.51. The normalized spacial score (nSPS) is 10.4. The summed E-state index contributed by atoms with van der Waals surface area (Å²) in [6.45, 7) is 0.0742. The Balaban J connectivity index is 2.15. The van der Waals surface area contributed by atoms with E-state index in [9.17, 15) is 13.2 Å². The summed E-state index contributed by atoms with van der Waals surface area (Å²) in [5.41, 5.74) is 0.444. The monoisotopic (exact) mass is 345 g/mol. The average Bonchev–Trinajstić information content (AvgIpc) is 2.42. The van der Waals surface area contributed by atoms with Gasteiger partial charge >= 0.3 is 0 Å². The quantitative estimate of drug-likeness (QED) is 0.824. The molecule has 0 radical (unpaired) electrons. The van der Waals surface area contributed by atoms with Crippen molar-refractivity contribution < 1.29 is 17.9 Å². The highest BCUT2D eigenvalue weighted by molar-refractivity contribution is 9.10. The number of methoxy groups -OCH3 is 1. The van der Waals surface area contributed by atoms with E-state index in [1.165, 1.54) is 25.3 Å². The van der Waals surface area contributed by atoms with E-state index in [1.807, 2.05) is 0 Å². The number of hydrogen-bond donors (Lipinski definition) is 1. The Kier molecular flexibility index (Phi) is 4.54. The number of rotatable bonds is 4. The first-order valence-electron chi connectivity index (χ1n) is 5.72. The molecule has 106 valence electrons. The van der Waals surface area contributed by atoms with E-state index in [4.69, 9.17) is 4.74 Å². The summed E-state index contributed by atoms with van der Waals surface area (Å²) in [6.07, 6.45) is 0. The van der Waals surface area contributed by atoms with Crippen LogP contribution in [-0.4, -0.2) is 7.11 Å². The predicted molar refractivity (Wildman–Crippen MR) is 74.3 cm³/mol. The maximum Gasteiger partial charge on any atom is 0.149 e. The lowest BCUT2D eigenvalue weighted by atomic mass is 10.2. The lowest BCUT2D eigenvalue weighted by molar-refractivity contribution is 0.411. The molecule has 0 bridgehead atoms. The van der Waals surface area contributed by atoms with Gasteiger partial charge in [-0.3, -0.25) is 0 Å². The van der Waals surface area contributed by atoms with Crippen LogP contribution in [0.2, 0.25) is 0 Å². The van der Waals surface area contributed by atoms with Crippen LogP contribution in [0.5, 0.6) is 5.75 Å². The van der Waals surface area contributed by atoms with Crippen LogP contribution >= 0.6 is 15.9 Å². The van der Waals surface area contributed by atoms with Gasteiger partial charge in [0, 0.05) is 24.2 Å². The van der Waals surface area contributed by atoms with Gasteiger partial charge in [-0.25, -0.2) is 13.2 Å². The Bertz CT molecular complexity index is 634. The molecule has 2 aromatic carbocycles. The molecule has 20 heavy (non-hydrogen) atoms. The van der Waals surface area contributed by atoms with Gasteiger partial charge in [0.25, 0.3) is 0 Å². The van der Waals surface area contributed by atoms with Crippen molar-refractivity contribution in [1.82, 2.24) is 0 Å². The molecule has 0 aliphatic heterocycles. The minimum atomic E-state index is -0.736. The molecule has 0 unspecified atom stereocenters. The molecule has 0 fully saturated rings. The molecule has 0 spiro atoms. The molecule has 2 nitrogen and oxygen atoms in total. The summed E-state index contributed by atoms with van der Waals surface area (Å²) >= 11 is 2.97. The summed E-state index contributed by atoms with van der Waals surface area (Å²) < 4.78 is 45.3.